The van der Waals surface area contributed by atoms with Gasteiger partial charge in [0.1, 0.15) is 0 Å². The second-order valence-corrected chi connectivity index (χ2v) is 7.28. The first-order chi connectivity index (χ1) is 10.2. The molecule has 0 aromatic carbocycles. The molecule has 2 aliphatic rings. The molecule has 0 aromatic heterocycles. The Hall–Kier alpha value is -0.160. The van der Waals surface area contributed by atoms with Gasteiger partial charge in [0.2, 0.25) is 0 Å². The topological polar surface area (TPSA) is 44.7 Å². The van der Waals surface area contributed by atoms with E-state index in [4.69, 9.17) is 4.74 Å². The molecule has 124 valence electrons. The van der Waals surface area contributed by atoms with Gasteiger partial charge in [-0.2, -0.15) is 0 Å². The summed E-state index contributed by atoms with van der Waals surface area (Å²) in [6.07, 6.45) is 7.15. The van der Waals surface area contributed by atoms with Crippen molar-refractivity contribution in [2.24, 2.45) is 5.41 Å². The maximum absolute atomic E-state index is 9.32. The third kappa shape index (κ3) is 5.20. The number of likely N-dealkylation sites (tertiary alicyclic amines) is 1. The number of nitrogens with zero attached hydrogens (tertiary/aromatic N) is 1. The summed E-state index contributed by atoms with van der Waals surface area (Å²) in [6.45, 7) is 10.0. The van der Waals surface area contributed by atoms with Crippen LogP contribution in [-0.2, 0) is 4.74 Å². The molecule has 2 fully saturated rings. The first kappa shape index (κ1) is 17.2. The van der Waals surface area contributed by atoms with Crippen LogP contribution >= 0.6 is 0 Å². The predicted molar refractivity (Wildman–Crippen MR) is 86.5 cm³/mol. The Kier molecular flexibility index (Phi) is 6.93. The number of rotatable bonds is 7. The van der Waals surface area contributed by atoms with Crippen molar-refractivity contribution in [1.82, 2.24) is 10.2 Å². The fourth-order valence-electron chi connectivity index (χ4n) is 3.79. The molecule has 21 heavy (non-hydrogen) atoms. The zero-order chi connectivity index (χ0) is 15.1. The molecule has 2 rings (SSSR count). The van der Waals surface area contributed by atoms with Crippen molar-refractivity contribution in [3.8, 4) is 0 Å². The van der Waals surface area contributed by atoms with Gasteiger partial charge >= 0.3 is 0 Å². The highest BCUT2D eigenvalue weighted by Crippen LogP contribution is 2.33. The average molecular weight is 298 g/mol. The second kappa shape index (κ2) is 8.47. The van der Waals surface area contributed by atoms with E-state index < -0.39 is 0 Å². The zero-order valence-electron chi connectivity index (χ0n) is 13.9. The van der Waals surface area contributed by atoms with Crippen molar-refractivity contribution in [2.75, 3.05) is 39.5 Å². The van der Waals surface area contributed by atoms with Crippen LogP contribution in [0.3, 0.4) is 0 Å². The first-order valence-electron chi connectivity index (χ1n) is 8.81. The molecule has 2 saturated heterocycles. The van der Waals surface area contributed by atoms with Gasteiger partial charge in [-0.05, 0) is 44.1 Å². The van der Waals surface area contributed by atoms with Gasteiger partial charge in [-0.1, -0.05) is 20.3 Å². The Morgan fingerprint density at radius 3 is 2.71 bits per heavy atom. The standard InChI is InChI=1S/C17H34N2O2/c1-15(2)18-13-17(7-11-21-12-8-17)14-19-9-4-3-5-16(19)6-10-20/h15-16,18,20H,3-14H2,1-2H3. The number of hydrogen-bond donors (Lipinski definition) is 2. The highest BCUT2D eigenvalue weighted by molar-refractivity contribution is 4.90. The summed E-state index contributed by atoms with van der Waals surface area (Å²) in [6, 6.07) is 1.13. The Morgan fingerprint density at radius 1 is 1.29 bits per heavy atom. The smallest absolute Gasteiger partial charge is 0.0472 e. The van der Waals surface area contributed by atoms with Crippen LogP contribution in [-0.4, -0.2) is 61.5 Å². The second-order valence-electron chi connectivity index (χ2n) is 7.28. The number of piperidine rings is 1. The van der Waals surface area contributed by atoms with Crippen LogP contribution in [0.25, 0.3) is 0 Å². The van der Waals surface area contributed by atoms with Crippen LogP contribution in [0, 0.1) is 5.41 Å². The van der Waals surface area contributed by atoms with Crippen molar-refractivity contribution in [2.45, 2.75) is 64.5 Å². The average Bonchev–Trinajstić information content (AvgIpc) is 2.49. The molecule has 0 spiro atoms. The van der Waals surface area contributed by atoms with Crippen molar-refractivity contribution in [3.05, 3.63) is 0 Å². The summed E-state index contributed by atoms with van der Waals surface area (Å²) in [5.74, 6) is 0. The van der Waals surface area contributed by atoms with E-state index in [1.54, 1.807) is 0 Å². The van der Waals surface area contributed by atoms with E-state index in [0.717, 1.165) is 39.0 Å². The fourth-order valence-corrected chi connectivity index (χ4v) is 3.79. The van der Waals surface area contributed by atoms with Crippen LogP contribution < -0.4 is 5.32 Å². The maximum Gasteiger partial charge on any atom is 0.0472 e. The molecule has 0 bridgehead atoms. The van der Waals surface area contributed by atoms with Crippen molar-refractivity contribution in [1.29, 1.82) is 0 Å². The zero-order valence-corrected chi connectivity index (χ0v) is 13.9. The van der Waals surface area contributed by atoms with E-state index in [1.165, 1.54) is 32.4 Å². The van der Waals surface area contributed by atoms with Gasteiger partial charge in [-0.25, -0.2) is 0 Å². The monoisotopic (exact) mass is 298 g/mol. The highest BCUT2D eigenvalue weighted by atomic mass is 16.5. The minimum absolute atomic E-state index is 0.321. The summed E-state index contributed by atoms with van der Waals surface area (Å²) in [5, 5.41) is 13.0. The largest absolute Gasteiger partial charge is 0.396 e. The summed E-state index contributed by atoms with van der Waals surface area (Å²) in [5.41, 5.74) is 0.355. The number of hydrogen-bond acceptors (Lipinski definition) is 4. The van der Waals surface area contributed by atoms with Crippen molar-refractivity contribution < 1.29 is 9.84 Å². The Balaban J connectivity index is 1.98. The molecule has 0 saturated carbocycles. The normalized spacial score (nSPS) is 27.1. The van der Waals surface area contributed by atoms with Crippen LogP contribution in [0.1, 0.15) is 52.4 Å². The summed E-state index contributed by atoms with van der Waals surface area (Å²) >= 11 is 0. The van der Waals surface area contributed by atoms with Crippen molar-refractivity contribution >= 4 is 0 Å². The lowest BCUT2D eigenvalue weighted by Crippen LogP contribution is -2.52. The lowest BCUT2D eigenvalue weighted by Gasteiger charge is -2.45. The van der Waals surface area contributed by atoms with Crippen LogP contribution in [0.4, 0.5) is 0 Å². The van der Waals surface area contributed by atoms with Gasteiger partial charge in [0, 0.05) is 45.0 Å². The maximum atomic E-state index is 9.32. The van der Waals surface area contributed by atoms with E-state index in [0.29, 0.717) is 24.1 Å². The van der Waals surface area contributed by atoms with E-state index in [9.17, 15) is 5.11 Å². The molecule has 2 heterocycles. The number of aliphatic hydroxyl groups excluding tert-OH is 1. The Bertz CT molecular complexity index is 289. The molecule has 4 heteroatoms. The molecule has 0 amide bonds. The van der Waals surface area contributed by atoms with E-state index in [-0.39, 0.29) is 0 Å². The number of ether oxygens (including phenoxy) is 1. The molecule has 0 radical (unpaired) electrons. The third-order valence-electron chi connectivity index (χ3n) is 5.19. The van der Waals surface area contributed by atoms with Gasteiger partial charge in [0.05, 0.1) is 0 Å². The lowest BCUT2D eigenvalue weighted by molar-refractivity contribution is -0.0205. The quantitative estimate of drug-likeness (QED) is 0.755. The molecular formula is C17H34N2O2. The SMILES string of the molecule is CC(C)NCC1(CN2CCCCC2CCO)CCOCC1. The molecule has 1 atom stereocenters. The van der Waals surface area contributed by atoms with E-state index >= 15 is 0 Å². The molecule has 1 unspecified atom stereocenters. The lowest BCUT2D eigenvalue weighted by atomic mass is 9.78. The van der Waals surface area contributed by atoms with Gasteiger partial charge < -0.3 is 15.2 Å². The van der Waals surface area contributed by atoms with Crippen LogP contribution in [0.5, 0.6) is 0 Å². The minimum atomic E-state index is 0.321. The summed E-state index contributed by atoms with van der Waals surface area (Å²) < 4.78 is 5.61. The molecule has 2 aliphatic heterocycles. The fraction of sp³-hybridized carbons (Fsp3) is 1.00. The minimum Gasteiger partial charge on any atom is -0.396 e. The van der Waals surface area contributed by atoms with Gasteiger partial charge in [-0.3, -0.25) is 4.90 Å². The van der Waals surface area contributed by atoms with E-state index in [1.807, 2.05) is 0 Å². The van der Waals surface area contributed by atoms with Crippen LogP contribution in [0.2, 0.25) is 0 Å². The Labute approximate surface area is 130 Å². The van der Waals surface area contributed by atoms with Gasteiger partial charge in [-0.15, -0.1) is 0 Å². The van der Waals surface area contributed by atoms with Crippen LogP contribution in [0.15, 0.2) is 0 Å². The molecular weight excluding hydrogens is 264 g/mol. The van der Waals surface area contributed by atoms with Crippen molar-refractivity contribution in [3.63, 3.8) is 0 Å². The molecule has 4 nitrogen and oxygen atoms in total. The third-order valence-corrected chi connectivity index (χ3v) is 5.19. The van der Waals surface area contributed by atoms with E-state index in [2.05, 4.69) is 24.1 Å². The number of aliphatic hydroxyl groups is 1. The number of nitrogens with one attached hydrogen (secondary N) is 1. The molecule has 0 aromatic rings. The van der Waals surface area contributed by atoms with Gasteiger partial charge in [0.25, 0.3) is 0 Å². The first-order valence-corrected chi connectivity index (χ1v) is 8.81. The summed E-state index contributed by atoms with van der Waals surface area (Å²) in [7, 11) is 0. The highest BCUT2D eigenvalue weighted by Gasteiger charge is 2.36. The van der Waals surface area contributed by atoms with Gasteiger partial charge in [0.15, 0.2) is 0 Å². The molecule has 0 aliphatic carbocycles. The molecule has 2 N–H and O–H groups in total. The predicted octanol–water partition coefficient (Wildman–Crippen LogP) is 2.02. The summed E-state index contributed by atoms with van der Waals surface area (Å²) in [4.78, 5) is 2.66. The Morgan fingerprint density at radius 2 is 2.05 bits per heavy atom.